The maximum absolute atomic E-state index is 6.19. The summed E-state index contributed by atoms with van der Waals surface area (Å²) in [6.45, 7) is 11.4. The van der Waals surface area contributed by atoms with Crippen molar-refractivity contribution in [1.29, 1.82) is 0 Å². The van der Waals surface area contributed by atoms with E-state index in [4.69, 9.17) is 75.8 Å². The van der Waals surface area contributed by atoms with E-state index in [1.54, 1.807) is 35.5 Å². The second-order valence-corrected chi connectivity index (χ2v) is 18.1. The number of nitrogens with one attached hydrogen (secondary N) is 1. The van der Waals surface area contributed by atoms with Crippen LogP contribution in [0.2, 0.25) is 20.1 Å². The molecule has 2 aliphatic rings. The van der Waals surface area contributed by atoms with Gasteiger partial charge in [0.1, 0.15) is 28.7 Å². The summed E-state index contributed by atoms with van der Waals surface area (Å²) in [6.07, 6.45) is 0. The van der Waals surface area contributed by atoms with Gasteiger partial charge in [0.05, 0.1) is 50.6 Å². The Morgan fingerprint density at radius 3 is 1.47 bits per heavy atom. The number of benzene rings is 6. The fourth-order valence-electron chi connectivity index (χ4n) is 6.88. The Hall–Kier alpha value is -3.68. The van der Waals surface area contributed by atoms with Crippen molar-refractivity contribution in [3.8, 4) is 28.7 Å². The highest BCUT2D eigenvalue weighted by molar-refractivity contribution is 9.09. The fourth-order valence-corrected chi connectivity index (χ4v) is 8.94. The zero-order chi connectivity index (χ0) is 48.3. The van der Waals surface area contributed by atoms with Crippen molar-refractivity contribution in [2.45, 2.75) is 70.7 Å². The molecule has 0 aromatic heterocycles. The molecule has 0 bridgehead atoms. The molecule has 3 N–H and O–H groups in total. The predicted octanol–water partition coefficient (Wildman–Crippen LogP) is 14.4. The molecular formula is C52H59Br2Cl4N3O5. The van der Waals surface area contributed by atoms with Crippen LogP contribution in [0.4, 0.5) is 0 Å². The van der Waals surface area contributed by atoms with Crippen LogP contribution in [0, 0.1) is 20.8 Å². The van der Waals surface area contributed by atoms with Crippen LogP contribution in [0.1, 0.15) is 61.2 Å². The number of aryl methyl sites for hydroxylation is 3. The molecule has 0 amide bonds. The third kappa shape index (κ3) is 16.2. The summed E-state index contributed by atoms with van der Waals surface area (Å²) in [5.41, 5.74) is 19.1. The van der Waals surface area contributed by atoms with Crippen molar-refractivity contribution in [1.82, 2.24) is 10.2 Å². The average Bonchev–Trinajstić information content (AvgIpc) is 3.96. The smallest absolute Gasteiger partial charge is 0.137 e. The lowest BCUT2D eigenvalue weighted by Crippen LogP contribution is -2.15. The molecule has 0 spiro atoms. The third-order valence-electron chi connectivity index (χ3n) is 10.9. The van der Waals surface area contributed by atoms with Crippen LogP contribution in [0.15, 0.2) is 97.1 Å². The maximum atomic E-state index is 6.19. The summed E-state index contributed by atoms with van der Waals surface area (Å²) in [7, 11) is 8.22. The van der Waals surface area contributed by atoms with E-state index >= 15 is 0 Å². The lowest BCUT2D eigenvalue weighted by atomic mass is 10.1. The van der Waals surface area contributed by atoms with Crippen LogP contribution in [-0.2, 0) is 49.9 Å². The molecule has 2 heterocycles. The molecule has 14 heteroatoms. The quantitative estimate of drug-likeness (QED) is 0.131. The van der Waals surface area contributed by atoms with Crippen molar-refractivity contribution in [2.75, 3.05) is 35.5 Å². The molecule has 8 nitrogen and oxygen atoms in total. The van der Waals surface area contributed by atoms with Crippen molar-refractivity contribution < 1.29 is 23.7 Å². The normalized spacial score (nSPS) is 12.0. The van der Waals surface area contributed by atoms with Crippen LogP contribution in [-0.4, -0.2) is 40.4 Å². The SMILES string of the molecule is COc1cc(C)c(C)cc1Cl.COc1cc(CBr)c(CBr)cc1Cl.COc1ccc(CN)cc1.COc1ccc(CN2Cc3cc(Cl)c(OC)cc3C2)cc1.Cc1cc2c(cc1Cl)CNC2. The molecule has 0 fully saturated rings. The zero-order valence-electron chi connectivity index (χ0n) is 38.7. The molecule has 0 saturated heterocycles. The Bertz CT molecular complexity index is 2410. The van der Waals surface area contributed by atoms with E-state index in [0.29, 0.717) is 21.6 Å². The molecule has 354 valence electrons. The van der Waals surface area contributed by atoms with E-state index in [-0.39, 0.29) is 0 Å². The molecule has 0 atom stereocenters. The number of nitrogens with zero attached hydrogens (tertiary/aromatic N) is 1. The summed E-state index contributed by atoms with van der Waals surface area (Å²) in [6, 6.07) is 32.0. The summed E-state index contributed by atoms with van der Waals surface area (Å²) in [5, 5.41) is 7.79. The molecule has 66 heavy (non-hydrogen) atoms. The second-order valence-electron chi connectivity index (χ2n) is 15.4. The number of rotatable bonds is 10. The first-order chi connectivity index (χ1) is 31.7. The van der Waals surface area contributed by atoms with Gasteiger partial charge in [0.2, 0.25) is 0 Å². The summed E-state index contributed by atoms with van der Waals surface area (Å²) < 4.78 is 25.6. The van der Waals surface area contributed by atoms with Gasteiger partial charge in [-0.25, -0.2) is 0 Å². The molecule has 6 aromatic carbocycles. The number of methoxy groups -OCH3 is 5. The summed E-state index contributed by atoms with van der Waals surface area (Å²) in [4.78, 5) is 2.39. The van der Waals surface area contributed by atoms with Gasteiger partial charge in [-0.05, 0) is 149 Å². The fraction of sp³-hybridized carbons (Fsp3) is 0.308. The number of hydrogen-bond acceptors (Lipinski definition) is 8. The van der Waals surface area contributed by atoms with E-state index in [1.165, 1.54) is 55.6 Å². The molecule has 0 radical (unpaired) electrons. The van der Waals surface area contributed by atoms with Crippen LogP contribution < -0.4 is 34.7 Å². The number of halogens is 6. The zero-order valence-corrected chi connectivity index (χ0v) is 44.9. The number of hydrogen-bond donors (Lipinski definition) is 2. The van der Waals surface area contributed by atoms with Crippen molar-refractivity contribution >= 4 is 78.3 Å². The van der Waals surface area contributed by atoms with E-state index in [1.807, 2.05) is 93.6 Å². The van der Waals surface area contributed by atoms with Crippen molar-refractivity contribution in [3.63, 3.8) is 0 Å². The minimum Gasteiger partial charge on any atom is -0.497 e. The molecule has 0 aliphatic carbocycles. The highest BCUT2D eigenvalue weighted by Gasteiger charge is 2.21. The van der Waals surface area contributed by atoms with Gasteiger partial charge >= 0.3 is 0 Å². The van der Waals surface area contributed by atoms with Gasteiger partial charge in [0.25, 0.3) is 0 Å². The van der Waals surface area contributed by atoms with E-state index in [0.717, 1.165) is 82.7 Å². The van der Waals surface area contributed by atoms with Crippen LogP contribution in [0.5, 0.6) is 28.7 Å². The third-order valence-corrected chi connectivity index (χ3v) is 13.4. The summed E-state index contributed by atoms with van der Waals surface area (Å²) >= 11 is 30.8. The van der Waals surface area contributed by atoms with Gasteiger partial charge in [-0.2, -0.15) is 0 Å². The number of alkyl halides is 2. The molecular weight excluding hydrogens is 1050 g/mol. The Balaban J connectivity index is 0.000000187. The Morgan fingerprint density at radius 2 is 0.939 bits per heavy atom. The number of ether oxygens (including phenoxy) is 5. The lowest BCUT2D eigenvalue weighted by Gasteiger charge is -2.14. The van der Waals surface area contributed by atoms with Crippen LogP contribution in [0.3, 0.4) is 0 Å². The molecule has 0 unspecified atom stereocenters. The predicted molar refractivity (Wildman–Crippen MR) is 282 cm³/mol. The monoisotopic (exact) mass is 1100 g/mol. The minimum atomic E-state index is 0.587. The van der Waals surface area contributed by atoms with Gasteiger partial charge in [-0.1, -0.05) is 109 Å². The van der Waals surface area contributed by atoms with Gasteiger partial charge < -0.3 is 34.7 Å². The van der Waals surface area contributed by atoms with E-state index in [9.17, 15) is 0 Å². The van der Waals surface area contributed by atoms with Gasteiger partial charge in [-0.15, -0.1) is 0 Å². The van der Waals surface area contributed by atoms with Gasteiger partial charge in [0.15, 0.2) is 0 Å². The Kier molecular flexibility index (Phi) is 23.3. The maximum Gasteiger partial charge on any atom is 0.137 e. The first kappa shape index (κ1) is 54.9. The van der Waals surface area contributed by atoms with Crippen molar-refractivity contribution in [2.24, 2.45) is 5.73 Å². The Labute approximate surface area is 428 Å². The molecule has 8 rings (SSSR count). The number of nitrogens with two attached hydrogens (primary N) is 1. The van der Waals surface area contributed by atoms with Gasteiger partial charge in [-0.3, -0.25) is 4.90 Å². The van der Waals surface area contributed by atoms with E-state index < -0.39 is 0 Å². The average molecular weight is 1110 g/mol. The minimum absolute atomic E-state index is 0.587. The first-order valence-electron chi connectivity index (χ1n) is 21.0. The standard InChI is InChI=1S/C17H18ClNO2.C9H9Br2ClO.C9H10ClN.C9H11ClO.C8H11NO/c1-20-15-5-3-12(4-6-15)9-19-10-13-7-16(18)17(21-2)8-14(13)11-19;1-13-9-3-7(5-11)6(4-10)2-8(9)12;1-6-2-7-4-11-5-8(7)3-9(6)10;1-6-4-8(10)9(11-3)5-7(6)2;1-10-8-4-2-7(6-9)3-5-8/h3-8H,9-11H2,1-2H3;2-3H,4-5H2,1H3;2-3,11H,4-5H2,1H3;4-5H,1-3H3;2-5H,6,9H2,1H3. The number of fused-ring (bicyclic) bond motifs is 2. The second kappa shape index (κ2) is 28.0. The summed E-state index contributed by atoms with van der Waals surface area (Å²) in [5.74, 6) is 3.98. The van der Waals surface area contributed by atoms with Crippen LogP contribution >= 0.6 is 78.3 Å². The van der Waals surface area contributed by atoms with E-state index in [2.05, 4.69) is 66.3 Å². The highest BCUT2D eigenvalue weighted by Crippen LogP contribution is 2.34. The first-order valence-corrected chi connectivity index (χ1v) is 24.8. The molecule has 0 saturated carbocycles. The Morgan fingerprint density at radius 1 is 0.500 bits per heavy atom. The largest absolute Gasteiger partial charge is 0.497 e. The van der Waals surface area contributed by atoms with Crippen molar-refractivity contribution in [3.05, 3.63) is 178 Å². The van der Waals surface area contributed by atoms with Gasteiger partial charge in [0, 0.05) is 55.0 Å². The molecule has 2 aliphatic heterocycles. The van der Waals surface area contributed by atoms with Crippen LogP contribution in [0.25, 0.3) is 0 Å². The topological polar surface area (TPSA) is 87.4 Å². The lowest BCUT2D eigenvalue weighted by molar-refractivity contribution is 0.275. The molecule has 6 aromatic rings. The highest BCUT2D eigenvalue weighted by atomic mass is 79.9.